The maximum Gasteiger partial charge on any atom is -0.00203 e. The minimum atomic E-state index is 0.925. The molecule has 0 radical (unpaired) electrons. The molecule has 0 atom stereocenters. The Morgan fingerprint density at radius 3 is 1.56 bits per heavy atom. The van der Waals surface area contributed by atoms with E-state index in [2.05, 4.69) is 170 Å². The summed E-state index contributed by atoms with van der Waals surface area (Å²) in [4.78, 5) is 0. The molecule has 9 rings (SSSR count). The minimum Gasteiger partial charge on any atom is -0.0801 e. The highest BCUT2D eigenvalue weighted by Crippen LogP contribution is 2.46. The molecule has 0 heteroatoms. The number of hydrogen-bond acceptors (Lipinski definition) is 0. The molecule has 0 unspecified atom stereocenters. The first-order valence-electron chi connectivity index (χ1n) is 15.8. The number of fused-ring (bicyclic) bond motifs is 5. The molecular weight excluding hydrogens is 540 g/mol. The first kappa shape index (κ1) is 25.7. The molecule has 1 aliphatic carbocycles. The van der Waals surface area contributed by atoms with Gasteiger partial charge in [-0.15, -0.1) is 0 Å². The van der Waals surface area contributed by atoms with Crippen molar-refractivity contribution in [2.45, 2.75) is 6.42 Å². The molecule has 0 bridgehead atoms. The molecule has 45 heavy (non-hydrogen) atoms. The zero-order valence-electron chi connectivity index (χ0n) is 24.9. The van der Waals surface area contributed by atoms with Crippen LogP contribution in [0.5, 0.6) is 0 Å². The molecule has 0 aromatic heterocycles. The zero-order valence-corrected chi connectivity index (χ0v) is 24.9. The fraction of sp³-hybridized carbons (Fsp3) is 0.0222. The lowest BCUT2D eigenvalue weighted by Crippen LogP contribution is -1.96. The van der Waals surface area contributed by atoms with Crippen LogP contribution in [0.1, 0.15) is 17.5 Å². The summed E-state index contributed by atoms with van der Waals surface area (Å²) in [5.41, 5.74) is 10.2. The maximum atomic E-state index is 2.38. The van der Waals surface area contributed by atoms with Crippen molar-refractivity contribution in [3.05, 3.63) is 169 Å². The van der Waals surface area contributed by atoms with E-state index in [1.54, 1.807) is 0 Å². The average Bonchev–Trinajstić information content (AvgIpc) is 3.36. The average molecular weight is 571 g/mol. The summed E-state index contributed by atoms with van der Waals surface area (Å²) in [7, 11) is 0. The molecule has 0 aliphatic heterocycles. The maximum absolute atomic E-state index is 2.38. The predicted molar refractivity (Wildman–Crippen MR) is 195 cm³/mol. The fourth-order valence-corrected chi connectivity index (χ4v) is 7.27. The molecule has 0 nitrogen and oxygen atoms in total. The molecule has 210 valence electrons. The van der Waals surface area contributed by atoms with Crippen molar-refractivity contribution in [1.29, 1.82) is 0 Å². The molecule has 0 N–H and O–H groups in total. The molecule has 0 heterocycles. The summed E-state index contributed by atoms with van der Waals surface area (Å²) in [6.45, 7) is 0. The lowest BCUT2D eigenvalue weighted by molar-refractivity contribution is 1.44. The van der Waals surface area contributed by atoms with E-state index in [4.69, 9.17) is 0 Å². The van der Waals surface area contributed by atoms with Crippen LogP contribution >= 0.6 is 0 Å². The van der Waals surface area contributed by atoms with Gasteiger partial charge in [0.25, 0.3) is 0 Å². The van der Waals surface area contributed by atoms with Crippen LogP contribution in [0, 0.1) is 0 Å². The van der Waals surface area contributed by atoms with E-state index in [1.807, 2.05) is 0 Å². The van der Waals surface area contributed by atoms with Crippen molar-refractivity contribution >= 4 is 55.2 Å². The fourth-order valence-electron chi connectivity index (χ4n) is 7.27. The Hall–Kier alpha value is -5.72. The molecule has 0 saturated carbocycles. The Labute approximate surface area is 263 Å². The molecule has 8 aromatic rings. The number of benzene rings is 8. The summed E-state index contributed by atoms with van der Waals surface area (Å²) in [5.74, 6) is 0. The van der Waals surface area contributed by atoms with E-state index in [0.717, 1.165) is 6.42 Å². The summed E-state index contributed by atoms with van der Waals surface area (Å²) in [5, 5.41) is 10.2. The third-order valence-corrected chi connectivity index (χ3v) is 9.41. The van der Waals surface area contributed by atoms with Crippen molar-refractivity contribution in [2.24, 2.45) is 0 Å². The SMILES string of the molecule is C1=Cc2c(c(-c3cccc4ccccc34)c3ccccc3c2-c2ccc3cc(-c4ccc5ccccc5c4)ccc3c2)C=CC1. The Morgan fingerprint density at radius 1 is 0.333 bits per heavy atom. The standard InChI is InChI=1S/C45H30/c1-2-16-40-42(17-3-1)45(39-20-10-14-31-12-6-7-15-38(31)39)43-19-9-8-18-41(43)44(40)37-26-25-35-28-34(23-24-36(35)29-37)33-22-21-30-11-4-5-13-32(30)27-33/h2-29H,1H2. The summed E-state index contributed by atoms with van der Waals surface area (Å²) < 4.78 is 0. The van der Waals surface area contributed by atoms with Gasteiger partial charge in [-0.05, 0) is 112 Å². The van der Waals surface area contributed by atoms with Crippen molar-refractivity contribution in [3.8, 4) is 33.4 Å². The van der Waals surface area contributed by atoms with Crippen LogP contribution in [0.15, 0.2) is 158 Å². The van der Waals surface area contributed by atoms with Crippen molar-refractivity contribution < 1.29 is 0 Å². The first-order valence-corrected chi connectivity index (χ1v) is 15.8. The van der Waals surface area contributed by atoms with Gasteiger partial charge < -0.3 is 0 Å². The van der Waals surface area contributed by atoms with Gasteiger partial charge >= 0.3 is 0 Å². The number of hydrogen-bond donors (Lipinski definition) is 0. The van der Waals surface area contributed by atoms with E-state index in [1.165, 1.54) is 87.6 Å². The third kappa shape index (κ3) is 4.30. The zero-order chi connectivity index (χ0) is 29.7. The lowest BCUT2D eigenvalue weighted by atomic mass is 9.82. The number of allylic oxidation sites excluding steroid dienone is 2. The Morgan fingerprint density at radius 2 is 0.822 bits per heavy atom. The van der Waals surface area contributed by atoms with Crippen molar-refractivity contribution in [3.63, 3.8) is 0 Å². The molecule has 0 spiro atoms. The highest BCUT2D eigenvalue weighted by Gasteiger charge is 2.21. The van der Waals surface area contributed by atoms with Gasteiger partial charge in [0.1, 0.15) is 0 Å². The normalized spacial score (nSPS) is 12.6. The molecule has 0 saturated heterocycles. The smallest absolute Gasteiger partial charge is 0.00203 e. The van der Waals surface area contributed by atoms with Gasteiger partial charge in [0, 0.05) is 0 Å². The van der Waals surface area contributed by atoms with E-state index >= 15 is 0 Å². The van der Waals surface area contributed by atoms with Gasteiger partial charge in [-0.2, -0.15) is 0 Å². The van der Waals surface area contributed by atoms with E-state index in [9.17, 15) is 0 Å². The van der Waals surface area contributed by atoms with Crippen LogP contribution in [0.25, 0.3) is 88.6 Å². The third-order valence-electron chi connectivity index (χ3n) is 9.41. The predicted octanol–water partition coefficient (Wildman–Crippen LogP) is 12.7. The highest BCUT2D eigenvalue weighted by molar-refractivity contribution is 6.15. The second kappa shape index (κ2) is 10.5. The topological polar surface area (TPSA) is 0 Å². The van der Waals surface area contributed by atoms with Gasteiger partial charge in [-0.3, -0.25) is 0 Å². The van der Waals surface area contributed by atoms with Crippen LogP contribution in [0.2, 0.25) is 0 Å². The van der Waals surface area contributed by atoms with Crippen LogP contribution < -0.4 is 0 Å². The van der Waals surface area contributed by atoms with Gasteiger partial charge in [-0.25, -0.2) is 0 Å². The molecule has 1 aliphatic rings. The lowest BCUT2D eigenvalue weighted by Gasteiger charge is -2.21. The van der Waals surface area contributed by atoms with Crippen LogP contribution in [0.3, 0.4) is 0 Å². The molecule has 0 amide bonds. The second-order valence-electron chi connectivity index (χ2n) is 12.0. The van der Waals surface area contributed by atoms with Gasteiger partial charge in [0.05, 0.1) is 0 Å². The van der Waals surface area contributed by atoms with Crippen LogP contribution in [-0.4, -0.2) is 0 Å². The van der Waals surface area contributed by atoms with Gasteiger partial charge in [0.2, 0.25) is 0 Å². The highest BCUT2D eigenvalue weighted by atomic mass is 14.2. The van der Waals surface area contributed by atoms with Gasteiger partial charge in [-0.1, -0.05) is 152 Å². The Balaban J connectivity index is 1.26. The van der Waals surface area contributed by atoms with Crippen molar-refractivity contribution in [2.75, 3.05) is 0 Å². The Bertz CT molecular complexity index is 2500. The van der Waals surface area contributed by atoms with E-state index in [-0.39, 0.29) is 0 Å². The summed E-state index contributed by atoms with van der Waals surface area (Å²) >= 11 is 0. The molecular formula is C45H30. The number of rotatable bonds is 3. The first-order chi connectivity index (χ1) is 22.3. The summed E-state index contributed by atoms with van der Waals surface area (Å²) in [6, 6.07) is 53.6. The van der Waals surface area contributed by atoms with Crippen LogP contribution in [-0.2, 0) is 0 Å². The summed E-state index contributed by atoms with van der Waals surface area (Å²) in [6.07, 6.45) is 10.2. The Kier molecular flexibility index (Phi) is 5.99. The largest absolute Gasteiger partial charge is 0.0801 e. The second-order valence-corrected chi connectivity index (χ2v) is 12.0. The molecule has 0 fully saturated rings. The van der Waals surface area contributed by atoms with Crippen LogP contribution in [0.4, 0.5) is 0 Å². The van der Waals surface area contributed by atoms with E-state index < -0.39 is 0 Å². The minimum absolute atomic E-state index is 0.925. The molecule has 8 aromatic carbocycles. The van der Waals surface area contributed by atoms with E-state index in [0.29, 0.717) is 0 Å². The quantitative estimate of drug-likeness (QED) is 0.198. The monoisotopic (exact) mass is 570 g/mol. The van der Waals surface area contributed by atoms with Gasteiger partial charge in [0.15, 0.2) is 0 Å². The van der Waals surface area contributed by atoms with Crippen molar-refractivity contribution in [1.82, 2.24) is 0 Å².